The molecule has 7 heteroatoms. The third-order valence-corrected chi connectivity index (χ3v) is 5.46. The first-order valence-corrected chi connectivity index (χ1v) is 9.68. The molecule has 0 spiro atoms. The number of hydrogen-bond donors (Lipinski definition) is 1. The first-order chi connectivity index (χ1) is 13.8. The summed E-state index contributed by atoms with van der Waals surface area (Å²) in [4.78, 5) is 2.44. The fourth-order valence-corrected chi connectivity index (χ4v) is 4.06. The van der Waals surface area contributed by atoms with Gasteiger partial charge in [-0.1, -0.05) is 35.4 Å². The molecular formula is C21H26N6O. The van der Waals surface area contributed by atoms with Crippen molar-refractivity contribution >= 4 is 5.95 Å². The standard InChI is InChI=1S/C21H26N6O/c1-26-14-6-7-17(20(26)16-10-12-19(28-2)13-11-16)15-22-21-23-24-25-27(21)18-8-4-3-5-9-18/h3-5,8-13,17,20H,6-7,14-15H2,1-2H3,(H,22,23,25). The van der Waals surface area contributed by atoms with Crippen LogP contribution in [0.4, 0.5) is 5.95 Å². The zero-order valence-electron chi connectivity index (χ0n) is 16.3. The van der Waals surface area contributed by atoms with Gasteiger partial charge < -0.3 is 10.1 Å². The molecule has 3 aromatic rings. The second-order valence-corrected chi connectivity index (χ2v) is 7.23. The fraction of sp³-hybridized carbons (Fsp3) is 0.381. The lowest BCUT2D eigenvalue weighted by Crippen LogP contribution is -2.39. The van der Waals surface area contributed by atoms with Crippen molar-refractivity contribution in [3.8, 4) is 11.4 Å². The van der Waals surface area contributed by atoms with Crippen molar-refractivity contribution in [1.82, 2.24) is 25.1 Å². The fourth-order valence-electron chi connectivity index (χ4n) is 4.06. The van der Waals surface area contributed by atoms with E-state index in [9.17, 15) is 0 Å². The zero-order chi connectivity index (χ0) is 19.3. The summed E-state index contributed by atoms with van der Waals surface area (Å²) in [5, 5.41) is 15.6. The SMILES string of the molecule is COc1ccc(C2C(CNc3nnnn3-c3ccccc3)CCCN2C)cc1. The molecule has 0 aliphatic carbocycles. The van der Waals surface area contributed by atoms with Crippen LogP contribution in [0, 0.1) is 5.92 Å². The van der Waals surface area contributed by atoms with Crippen LogP contribution >= 0.6 is 0 Å². The number of benzene rings is 2. The molecule has 7 nitrogen and oxygen atoms in total. The number of piperidine rings is 1. The Bertz CT molecular complexity index is 879. The first kappa shape index (κ1) is 18.4. The van der Waals surface area contributed by atoms with Crippen LogP contribution in [0.5, 0.6) is 5.75 Å². The first-order valence-electron chi connectivity index (χ1n) is 9.68. The second-order valence-electron chi connectivity index (χ2n) is 7.23. The molecule has 0 saturated carbocycles. The van der Waals surface area contributed by atoms with Crippen LogP contribution in [0.25, 0.3) is 5.69 Å². The van der Waals surface area contributed by atoms with Crippen LogP contribution in [-0.2, 0) is 0 Å². The molecule has 2 unspecified atom stereocenters. The van der Waals surface area contributed by atoms with Gasteiger partial charge in [0.25, 0.3) is 0 Å². The highest BCUT2D eigenvalue weighted by Gasteiger charge is 2.30. The Labute approximate surface area is 165 Å². The van der Waals surface area contributed by atoms with E-state index in [1.165, 1.54) is 18.4 Å². The maximum absolute atomic E-state index is 5.31. The number of para-hydroxylation sites is 1. The van der Waals surface area contributed by atoms with Gasteiger partial charge in [-0.25, -0.2) is 0 Å². The molecule has 1 saturated heterocycles. The number of aromatic nitrogens is 4. The molecule has 2 heterocycles. The van der Waals surface area contributed by atoms with Gasteiger partial charge in [0.05, 0.1) is 12.8 Å². The van der Waals surface area contributed by atoms with Crippen LogP contribution in [0.3, 0.4) is 0 Å². The number of likely N-dealkylation sites (tertiary alicyclic amines) is 1. The summed E-state index contributed by atoms with van der Waals surface area (Å²) < 4.78 is 7.06. The number of ether oxygens (including phenoxy) is 1. The Kier molecular flexibility index (Phi) is 5.53. The van der Waals surface area contributed by atoms with Gasteiger partial charge in [-0.3, -0.25) is 4.90 Å². The number of rotatable bonds is 6. The molecule has 4 rings (SSSR count). The van der Waals surface area contributed by atoms with Gasteiger partial charge in [0, 0.05) is 12.6 Å². The van der Waals surface area contributed by atoms with Crippen molar-refractivity contribution < 1.29 is 4.74 Å². The number of anilines is 1. The largest absolute Gasteiger partial charge is 0.497 e. The normalized spacial score (nSPS) is 20.1. The molecule has 1 aliphatic heterocycles. The predicted octanol–water partition coefficient (Wildman–Crippen LogP) is 3.17. The third kappa shape index (κ3) is 3.84. The van der Waals surface area contributed by atoms with Crippen molar-refractivity contribution in [3.63, 3.8) is 0 Å². The number of nitrogens with one attached hydrogen (secondary N) is 1. The van der Waals surface area contributed by atoms with Crippen molar-refractivity contribution in [1.29, 1.82) is 0 Å². The van der Waals surface area contributed by atoms with E-state index >= 15 is 0 Å². The molecule has 1 fully saturated rings. The van der Waals surface area contributed by atoms with Gasteiger partial charge >= 0.3 is 0 Å². The molecule has 1 aromatic heterocycles. The summed E-state index contributed by atoms with van der Waals surface area (Å²) in [6, 6.07) is 18.7. The monoisotopic (exact) mass is 378 g/mol. The number of nitrogens with zero attached hydrogens (tertiary/aromatic N) is 5. The van der Waals surface area contributed by atoms with E-state index in [4.69, 9.17) is 4.74 Å². The molecule has 2 atom stereocenters. The lowest BCUT2D eigenvalue weighted by molar-refractivity contribution is 0.127. The minimum atomic E-state index is 0.355. The van der Waals surface area contributed by atoms with E-state index in [1.807, 2.05) is 42.5 Å². The average molecular weight is 378 g/mol. The summed E-state index contributed by atoms with van der Waals surface area (Å²) >= 11 is 0. The van der Waals surface area contributed by atoms with E-state index in [0.717, 1.165) is 24.5 Å². The highest BCUT2D eigenvalue weighted by atomic mass is 16.5. The van der Waals surface area contributed by atoms with Crippen LogP contribution < -0.4 is 10.1 Å². The Morgan fingerprint density at radius 3 is 2.64 bits per heavy atom. The highest BCUT2D eigenvalue weighted by molar-refractivity contribution is 5.38. The Hall–Kier alpha value is -2.93. The van der Waals surface area contributed by atoms with Crippen molar-refractivity contribution in [2.24, 2.45) is 5.92 Å². The van der Waals surface area contributed by atoms with Gasteiger partial charge in [-0.15, -0.1) is 0 Å². The molecule has 1 N–H and O–H groups in total. The Morgan fingerprint density at radius 2 is 1.89 bits per heavy atom. The van der Waals surface area contributed by atoms with Crippen LogP contribution in [0.1, 0.15) is 24.4 Å². The topological polar surface area (TPSA) is 68.1 Å². The van der Waals surface area contributed by atoms with Gasteiger partial charge in [0.2, 0.25) is 5.95 Å². The molecule has 2 aromatic carbocycles. The van der Waals surface area contributed by atoms with Gasteiger partial charge in [0.15, 0.2) is 0 Å². The number of hydrogen-bond acceptors (Lipinski definition) is 6. The average Bonchev–Trinajstić information content (AvgIpc) is 3.22. The van der Waals surface area contributed by atoms with Gasteiger partial charge in [-0.05, 0) is 72.6 Å². The second kappa shape index (κ2) is 8.39. The van der Waals surface area contributed by atoms with Crippen LogP contribution in [-0.4, -0.2) is 52.4 Å². The van der Waals surface area contributed by atoms with Crippen molar-refractivity contribution in [3.05, 3.63) is 60.2 Å². The van der Waals surface area contributed by atoms with E-state index in [-0.39, 0.29) is 0 Å². The van der Waals surface area contributed by atoms with E-state index in [2.05, 4.69) is 44.9 Å². The van der Waals surface area contributed by atoms with Gasteiger partial charge in [-0.2, -0.15) is 4.68 Å². The molecule has 28 heavy (non-hydrogen) atoms. The Morgan fingerprint density at radius 1 is 1.11 bits per heavy atom. The predicted molar refractivity (Wildman–Crippen MR) is 109 cm³/mol. The summed E-state index contributed by atoms with van der Waals surface area (Å²) in [6.45, 7) is 1.92. The Balaban J connectivity index is 1.51. The molecule has 146 valence electrons. The van der Waals surface area contributed by atoms with E-state index in [1.54, 1.807) is 11.8 Å². The zero-order valence-corrected chi connectivity index (χ0v) is 16.3. The maximum atomic E-state index is 5.31. The number of tetrazole rings is 1. The van der Waals surface area contributed by atoms with Crippen LogP contribution in [0.15, 0.2) is 54.6 Å². The molecule has 0 radical (unpaired) electrons. The molecule has 0 bridgehead atoms. The summed E-state index contributed by atoms with van der Waals surface area (Å²) in [5.41, 5.74) is 2.26. The van der Waals surface area contributed by atoms with Crippen molar-refractivity contribution in [2.75, 3.05) is 32.6 Å². The van der Waals surface area contributed by atoms with Crippen molar-refractivity contribution in [2.45, 2.75) is 18.9 Å². The minimum Gasteiger partial charge on any atom is -0.497 e. The highest BCUT2D eigenvalue weighted by Crippen LogP contribution is 2.35. The van der Waals surface area contributed by atoms with E-state index < -0.39 is 0 Å². The minimum absolute atomic E-state index is 0.355. The smallest absolute Gasteiger partial charge is 0.247 e. The molecule has 0 amide bonds. The summed E-state index contributed by atoms with van der Waals surface area (Å²) in [6.07, 6.45) is 2.36. The summed E-state index contributed by atoms with van der Waals surface area (Å²) in [5.74, 6) is 2.03. The molecular weight excluding hydrogens is 352 g/mol. The lowest BCUT2D eigenvalue weighted by atomic mass is 9.85. The molecule has 1 aliphatic rings. The van der Waals surface area contributed by atoms with E-state index in [0.29, 0.717) is 17.9 Å². The summed E-state index contributed by atoms with van der Waals surface area (Å²) in [7, 11) is 3.90. The lowest BCUT2D eigenvalue weighted by Gasteiger charge is -2.39. The quantitative estimate of drug-likeness (QED) is 0.711. The maximum Gasteiger partial charge on any atom is 0.247 e. The third-order valence-electron chi connectivity index (χ3n) is 5.46. The van der Waals surface area contributed by atoms with Gasteiger partial charge in [0.1, 0.15) is 5.75 Å². The van der Waals surface area contributed by atoms with Crippen LogP contribution in [0.2, 0.25) is 0 Å². The number of methoxy groups -OCH3 is 1.